The van der Waals surface area contributed by atoms with Crippen molar-refractivity contribution in [3.8, 4) is 0 Å². The van der Waals surface area contributed by atoms with E-state index in [1.165, 1.54) is 10.8 Å². The third-order valence-corrected chi connectivity index (χ3v) is 5.46. The van der Waals surface area contributed by atoms with Crippen LogP contribution in [0.25, 0.3) is 0 Å². The fourth-order valence-electron chi connectivity index (χ4n) is 3.68. The fraction of sp³-hybridized carbons (Fsp3) is 0.320. The van der Waals surface area contributed by atoms with Gasteiger partial charge in [-0.15, -0.1) is 0 Å². The Labute approximate surface area is 195 Å². The number of aromatic amines is 1. The molecule has 1 N–H and O–H groups in total. The predicted octanol–water partition coefficient (Wildman–Crippen LogP) is 2.55. The van der Waals surface area contributed by atoms with Crippen LogP contribution in [-0.4, -0.2) is 41.1 Å². The van der Waals surface area contributed by atoms with Crippen molar-refractivity contribution in [2.45, 2.75) is 38.4 Å². The summed E-state index contributed by atoms with van der Waals surface area (Å²) >= 11 is 0. The minimum absolute atomic E-state index is 0.0243. The van der Waals surface area contributed by atoms with E-state index in [1.807, 2.05) is 36.4 Å². The van der Waals surface area contributed by atoms with Crippen LogP contribution in [0.3, 0.4) is 0 Å². The zero-order valence-corrected chi connectivity index (χ0v) is 18.7. The normalized spacial score (nSPS) is 19.7. The maximum Gasteiger partial charge on any atom is 0.338 e. The smallest absolute Gasteiger partial charge is 0.338 e. The number of H-pyrrole nitrogens is 1. The first-order valence-corrected chi connectivity index (χ1v) is 10.9. The zero-order chi connectivity index (χ0) is 23.9. The van der Waals surface area contributed by atoms with Gasteiger partial charge in [-0.05, 0) is 24.6 Å². The van der Waals surface area contributed by atoms with Gasteiger partial charge in [0.1, 0.15) is 25.2 Å². The van der Waals surface area contributed by atoms with Crippen molar-refractivity contribution in [2.75, 3.05) is 13.4 Å². The number of carbonyl (C=O) groups excluding carboxylic acids is 1. The molecule has 9 heteroatoms. The number of hydrogen-bond acceptors (Lipinski definition) is 7. The second-order valence-electron chi connectivity index (χ2n) is 7.98. The molecule has 0 saturated carbocycles. The summed E-state index contributed by atoms with van der Waals surface area (Å²) in [6, 6.07) is 18.3. The molecule has 1 fully saturated rings. The molecule has 34 heavy (non-hydrogen) atoms. The Hall–Kier alpha value is -3.53. The molecule has 2 heterocycles. The number of carbonyl (C=O) groups is 1. The maximum atomic E-state index is 12.6. The van der Waals surface area contributed by atoms with Gasteiger partial charge in [0.05, 0.1) is 18.8 Å². The minimum Gasteiger partial charge on any atom is -0.456 e. The molecule has 3 aromatic rings. The Kier molecular flexibility index (Phi) is 7.69. The Bertz CT molecular complexity index is 1210. The van der Waals surface area contributed by atoms with Gasteiger partial charge in [-0.2, -0.15) is 0 Å². The summed E-state index contributed by atoms with van der Waals surface area (Å²) in [6.07, 6.45) is -0.352. The number of ether oxygens (including phenoxy) is 4. The number of hydrogen-bond donors (Lipinski definition) is 1. The van der Waals surface area contributed by atoms with Gasteiger partial charge in [0.15, 0.2) is 0 Å². The lowest BCUT2D eigenvalue weighted by Crippen LogP contribution is -2.33. The van der Waals surface area contributed by atoms with E-state index in [0.717, 1.165) is 5.56 Å². The molecule has 4 rings (SSSR count). The minimum atomic E-state index is -0.726. The van der Waals surface area contributed by atoms with Gasteiger partial charge in [0.25, 0.3) is 5.56 Å². The van der Waals surface area contributed by atoms with Crippen molar-refractivity contribution in [2.24, 2.45) is 0 Å². The maximum absolute atomic E-state index is 12.6. The SMILES string of the molecule is Cc1cn([C@H]2C[C@H](OC(=O)c3ccccc3)[C@@H](COCOCc3ccccc3)O2)c(=O)[nH]c1=O. The molecule has 0 radical (unpaired) electrons. The lowest BCUT2D eigenvalue weighted by molar-refractivity contribution is -0.116. The highest BCUT2D eigenvalue weighted by atomic mass is 16.7. The van der Waals surface area contributed by atoms with Crippen LogP contribution in [0.15, 0.2) is 76.4 Å². The molecule has 0 bridgehead atoms. The van der Waals surface area contributed by atoms with Crippen LogP contribution in [0.4, 0.5) is 0 Å². The van der Waals surface area contributed by atoms with Crippen molar-refractivity contribution in [3.63, 3.8) is 0 Å². The second kappa shape index (κ2) is 11.1. The van der Waals surface area contributed by atoms with Gasteiger partial charge in [-0.3, -0.25) is 14.3 Å². The highest BCUT2D eigenvalue weighted by Crippen LogP contribution is 2.31. The number of nitrogens with zero attached hydrogens (tertiary/aromatic N) is 1. The van der Waals surface area contributed by atoms with Crippen LogP contribution >= 0.6 is 0 Å². The highest BCUT2D eigenvalue weighted by Gasteiger charge is 2.39. The van der Waals surface area contributed by atoms with E-state index in [1.54, 1.807) is 31.2 Å². The number of aromatic nitrogens is 2. The van der Waals surface area contributed by atoms with Crippen molar-refractivity contribution < 1.29 is 23.7 Å². The van der Waals surface area contributed by atoms with Gasteiger partial charge >= 0.3 is 11.7 Å². The lowest BCUT2D eigenvalue weighted by atomic mass is 10.1. The first-order valence-electron chi connectivity index (χ1n) is 10.9. The average Bonchev–Trinajstić information content (AvgIpc) is 3.24. The van der Waals surface area contributed by atoms with Crippen molar-refractivity contribution in [1.82, 2.24) is 9.55 Å². The molecule has 178 valence electrons. The Morgan fingerprint density at radius 3 is 2.50 bits per heavy atom. The number of esters is 1. The quantitative estimate of drug-likeness (QED) is 0.293. The number of benzene rings is 2. The molecule has 0 amide bonds. The molecular formula is C25H26N2O7. The van der Waals surface area contributed by atoms with Crippen LogP contribution in [-0.2, 0) is 25.6 Å². The van der Waals surface area contributed by atoms with Gasteiger partial charge in [-0.1, -0.05) is 48.5 Å². The fourth-order valence-corrected chi connectivity index (χ4v) is 3.68. The van der Waals surface area contributed by atoms with E-state index in [9.17, 15) is 14.4 Å². The zero-order valence-electron chi connectivity index (χ0n) is 18.7. The average molecular weight is 466 g/mol. The summed E-state index contributed by atoms with van der Waals surface area (Å²) in [5, 5.41) is 0. The summed E-state index contributed by atoms with van der Waals surface area (Å²) in [4.78, 5) is 39.0. The van der Waals surface area contributed by atoms with E-state index in [4.69, 9.17) is 18.9 Å². The summed E-state index contributed by atoms with van der Waals surface area (Å²) < 4.78 is 24.2. The van der Waals surface area contributed by atoms with Crippen LogP contribution < -0.4 is 11.2 Å². The Morgan fingerprint density at radius 2 is 1.76 bits per heavy atom. The largest absolute Gasteiger partial charge is 0.456 e. The third kappa shape index (κ3) is 5.88. The van der Waals surface area contributed by atoms with Gasteiger partial charge < -0.3 is 18.9 Å². The monoisotopic (exact) mass is 466 g/mol. The Balaban J connectivity index is 1.41. The molecular weight excluding hydrogens is 440 g/mol. The van der Waals surface area contributed by atoms with Crippen molar-refractivity contribution >= 4 is 5.97 Å². The number of nitrogens with one attached hydrogen (secondary N) is 1. The first kappa shape index (κ1) is 23.6. The van der Waals surface area contributed by atoms with Crippen LogP contribution in [0.2, 0.25) is 0 Å². The topological polar surface area (TPSA) is 109 Å². The second-order valence-corrected chi connectivity index (χ2v) is 7.98. The summed E-state index contributed by atoms with van der Waals surface area (Å²) in [7, 11) is 0. The summed E-state index contributed by atoms with van der Waals surface area (Å²) in [5.74, 6) is -0.495. The predicted molar refractivity (Wildman–Crippen MR) is 122 cm³/mol. The third-order valence-electron chi connectivity index (χ3n) is 5.46. The molecule has 1 aliphatic heterocycles. The first-order chi connectivity index (χ1) is 16.5. The number of rotatable bonds is 9. The van der Waals surface area contributed by atoms with E-state index >= 15 is 0 Å². The standard InChI is InChI=1S/C25H26N2O7/c1-17-13-27(25(30)26-23(17)28)22-12-20(34-24(29)19-10-6-3-7-11-19)21(33-22)15-32-16-31-14-18-8-4-2-5-9-18/h2-11,13,20-22H,12,14-16H2,1H3,(H,26,28,30)/t20-,21+,22+/m0/s1. The molecule has 9 nitrogen and oxygen atoms in total. The van der Waals surface area contributed by atoms with E-state index in [-0.39, 0.29) is 19.8 Å². The van der Waals surface area contributed by atoms with Crippen molar-refractivity contribution in [1.29, 1.82) is 0 Å². The molecule has 1 aliphatic rings. The molecule has 0 aliphatic carbocycles. The highest BCUT2D eigenvalue weighted by molar-refractivity contribution is 5.89. The lowest BCUT2D eigenvalue weighted by Gasteiger charge is -2.19. The van der Waals surface area contributed by atoms with Crippen molar-refractivity contribution in [3.05, 3.63) is 104 Å². The summed E-state index contributed by atoms with van der Waals surface area (Å²) in [6.45, 7) is 2.11. The Morgan fingerprint density at radius 1 is 1.06 bits per heavy atom. The van der Waals surface area contributed by atoms with E-state index < -0.39 is 35.7 Å². The molecule has 1 aromatic heterocycles. The van der Waals surface area contributed by atoms with Crippen LogP contribution in [0, 0.1) is 6.92 Å². The molecule has 0 unspecified atom stereocenters. The van der Waals surface area contributed by atoms with Crippen LogP contribution in [0.5, 0.6) is 0 Å². The molecule has 1 saturated heterocycles. The molecule has 3 atom stereocenters. The number of aryl methyl sites for hydroxylation is 1. The van der Waals surface area contributed by atoms with E-state index in [2.05, 4.69) is 4.98 Å². The van der Waals surface area contributed by atoms with E-state index in [0.29, 0.717) is 17.7 Å². The molecule has 2 aromatic carbocycles. The van der Waals surface area contributed by atoms with Gasteiger partial charge in [0.2, 0.25) is 0 Å². The molecule has 0 spiro atoms. The summed E-state index contributed by atoms with van der Waals surface area (Å²) in [5.41, 5.74) is 0.748. The van der Waals surface area contributed by atoms with Crippen LogP contribution in [0.1, 0.15) is 34.1 Å². The van der Waals surface area contributed by atoms with Gasteiger partial charge in [-0.25, -0.2) is 9.59 Å². The van der Waals surface area contributed by atoms with Gasteiger partial charge in [0, 0.05) is 18.2 Å².